The Morgan fingerprint density at radius 1 is 0.483 bits per heavy atom. The van der Waals surface area contributed by atoms with E-state index in [1.165, 1.54) is 68.3 Å². The Kier molecular flexibility index (Phi) is 24.7. The summed E-state index contributed by atoms with van der Waals surface area (Å²) >= 11 is 7.18. The molecule has 6 aliphatic rings. The largest absolute Gasteiger partial charge is 0.507 e. The van der Waals surface area contributed by atoms with Crippen LogP contribution in [0.4, 0.5) is 58.9 Å². The zero-order valence-corrected chi connectivity index (χ0v) is 82.6. The van der Waals surface area contributed by atoms with Gasteiger partial charge in [-0.25, -0.2) is 28.1 Å². The van der Waals surface area contributed by atoms with Crippen LogP contribution in [0.2, 0.25) is 5.02 Å². The molecule has 6 atom stereocenters. The molecule has 39 heteroatoms. The van der Waals surface area contributed by atoms with E-state index in [2.05, 4.69) is 55.1 Å². The Balaban J connectivity index is 0.000000141. The van der Waals surface area contributed by atoms with Gasteiger partial charge in [-0.1, -0.05) is 91.1 Å². The number of likely N-dealkylation sites (N-methyl/N-ethyl adjacent to an activating group) is 3. The summed E-state index contributed by atoms with van der Waals surface area (Å²) in [6.45, 7) is 37.3. The number of aliphatic hydroxyl groups is 1. The zero-order valence-electron chi connectivity index (χ0n) is 81.8. The summed E-state index contributed by atoms with van der Waals surface area (Å²) in [4.78, 5) is 168. The van der Waals surface area contributed by atoms with Crippen molar-refractivity contribution >= 4 is 148 Å². The maximum absolute atomic E-state index is 16.7. The maximum Gasteiger partial charge on any atom is 0.283 e. The minimum atomic E-state index is -1.73. The summed E-state index contributed by atoms with van der Waals surface area (Å²) in [5, 5.41) is 38.2. The number of anilines is 8. The number of aromatic nitrogens is 13. The molecule has 14 aromatic rings. The number of carbonyl (C=O) groups is 6. The normalized spacial score (nSPS) is 18.3. The molecule has 0 bridgehead atoms. The van der Waals surface area contributed by atoms with Gasteiger partial charge in [0.25, 0.3) is 34.4 Å². The number of hydrogen-bond acceptors (Lipinski definition) is 24. The molecule has 6 aliphatic heterocycles. The lowest BCUT2D eigenvalue weighted by atomic mass is 9.86. The predicted molar refractivity (Wildman–Crippen MR) is 546 cm³/mol. The Labute approximate surface area is 822 Å². The second-order valence-electron chi connectivity index (χ2n) is 38.2. The number of benzene rings is 3. The highest BCUT2D eigenvalue weighted by Crippen LogP contribution is 2.52. The zero-order chi connectivity index (χ0) is 103. The first-order chi connectivity index (χ1) is 68.0. The number of aryl methyl sites for hydroxylation is 5. The van der Waals surface area contributed by atoms with Crippen molar-refractivity contribution in [2.75, 3.05) is 108 Å². The molecule has 35 nitrogen and oxygen atoms in total. The van der Waals surface area contributed by atoms with Crippen LogP contribution >= 0.6 is 11.6 Å². The fourth-order valence-corrected chi connectivity index (χ4v) is 21.6. The average Bonchev–Trinajstić information content (AvgIpc) is 1.03. The number of aliphatic hydroxyl groups excluding tert-OH is 1. The van der Waals surface area contributed by atoms with Gasteiger partial charge in [0, 0.05) is 105 Å². The number of piperazine rings is 3. The van der Waals surface area contributed by atoms with Crippen LogP contribution in [0.5, 0.6) is 5.75 Å². The molecular formula is C104H106ClF3N24O11. The van der Waals surface area contributed by atoms with E-state index in [0.29, 0.717) is 118 Å². The smallest absolute Gasteiger partial charge is 0.283 e. The minimum absolute atomic E-state index is 0.00555. The number of rotatable bonds is 13. The van der Waals surface area contributed by atoms with Crippen LogP contribution in [0.3, 0.4) is 0 Å². The van der Waals surface area contributed by atoms with E-state index in [4.69, 9.17) is 38.0 Å². The van der Waals surface area contributed by atoms with Crippen LogP contribution in [0.15, 0.2) is 150 Å². The van der Waals surface area contributed by atoms with Crippen molar-refractivity contribution in [2.45, 2.75) is 150 Å². The third kappa shape index (κ3) is 15.1. The Morgan fingerprint density at radius 3 is 1.27 bits per heavy atom. The maximum atomic E-state index is 16.7. The number of halogens is 4. The van der Waals surface area contributed by atoms with Crippen LogP contribution in [-0.4, -0.2) is 227 Å². The summed E-state index contributed by atoms with van der Waals surface area (Å²) in [7, 11) is 4.53. The van der Waals surface area contributed by atoms with E-state index < -0.39 is 93.2 Å². The molecule has 20 rings (SSSR count). The standard InChI is InChI=1S/C35H36ClN9O3.C35H36FN9O3.C34H34F2N6O5/c2*1-8-24(46)43-15-23-34(47)42(7)31-30(44(23)14-19(43)6)20-13-21(36)28(25-17(4)9-10-22-26(25)32(37)41-40-22)39-33(20)45(35(31)48)29-18(5)11-12-38-27(29)16(2)3;1-7-24(45)40-15-34(16-43)33(47)39(6)30-29(41(34)14-19(40)5)20-13-22(36)27(25-21(35)9-8-10-23(25)44)38-31(20)42(32(30)46)28-18(4)11-12-37-26(28)17(2)3/h2*8-13,16,19,23H,1,14-15H2,2-7H3,(H3,37,40,41);7-13,17,19,43-44H,1,14-16H2,2-6H3. The molecule has 0 spiro atoms. The molecule has 11 aromatic heterocycles. The molecule has 3 aromatic carbocycles. The molecule has 6 amide bonds. The van der Waals surface area contributed by atoms with Crippen LogP contribution in [-0.2, 0) is 28.8 Å². The summed E-state index contributed by atoms with van der Waals surface area (Å²) < 4.78 is 52.4. The average molecular weight is 1960 g/mol. The molecule has 8 N–H and O–H groups in total. The van der Waals surface area contributed by atoms with Crippen molar-refractivity contribution in [3.8, 4) is 56.6 Å². The third-order valence-electron chi connectivity index (χ3n) is 28.4. The van der Waals surface area contributed by atoms with Crippen molar-refractivity contribution in [2.24, 2.45) is 0 Å². The van der Waals surface area contributed by atoms with E-state index in [0.717, 1.165) is 50.9 Å². The number of amides is 6. The van der Waals surface area contributed by atoms with Crippen molar-refractivity contribution in [1.29, 1.82) is 0 Å². The lowest BCUT2D eigenvalue weighted by molar-refractivity contribution is -0.136. The van der Waals surface area contributed by atoms with Gasteiger partial charge in [-0.05, 0) is 180 Å². The third-order valence-corrected chi connectivity index (χ3v) is 28.7. The first kappa shape index (κ1) is 97.2. The first-order valence-corrected chi connectivity index (χ1v) is 47.1. The number of carbonyl (C=O) groups excluding carboxylic acids is 6. The molecule has 6 unspecified atom stereocenters. The van der Waals surface area contributed by atoms with Crippen LogP contribution < -0.4 is 57.5 Å². The van der Waals surface area contributed by atoms with Crippen molar-refractivity contribution in [1.82, 2.24) is 78.7 Å². The SMILES string of the molecule is C=CC(=O)N1CC2(CO)C(=O)N(C)c3c(c4cc(F)c(-c5c(O)cccc5F)nc4n(-c4c(C)ccnc4C(C)C)c3=O)N2CC1C.C=CC(=O)N1CC2C(=O)N(C)c3c(c4cc(Cl)c(-c5c(C)ccc6[nH]nc(N)c56)nc4n(-c4c(C)ccnc4C(C)C)c3=O)N2CC1C.C=CC(=O)N1CC2C(=O)N(C)c3c(c4cc(F)c(-c5c(C)ccc6[nH]nc(N)c56)nc4n(-c4c(C)ccnc4C(C)C)c3=O)N2CC1C. The van der Waals surface area contributed by atoms with Crippen LogP contribution in [0, 0.1) is 52.1 Å². The number of nitrogens with zero attached hydrogens (tertiary/aromatic N) is 20. The number of phenols is 1. The fourth-order valence-electron chi connectivity index (χ4n) is 21.3. The summed E-state index contributed by atoms with van der Waals surface area (Å²) in [5.74, 6) is -5.20. The highest BCUT2D eigenvalue weighted by molar-refractivity contribution is 6.35. The van der Waals surface area contributed by atoms with Crippen molar-refractivity contribution < 1.29 is 52.2 Å². The van der Waals surface area contributed by atoms with E-state index in [9.17, 15) is 48.6 Å². The van der Waals surface area contributed by atoms with E-state index in [1.54, 1.807) is 64.8 Å². The monoisotopic (exact) mass is 1960 g/mol. The van der Waals surface area contributed by atoms with E-state index >= 15 is 18.0 Å². The van der Waals surface area contributed by atoms with Crippen molar-refractivity contribution in [3.05, 3.63) is 234 Å². The van der Waals surface area contributed by atoms with Gasteiger partial charge in [-0.3, -0.25) is 82.0 Å². The number of aromatic hydroxyl groups is 1. The van der Waals surface area contributed by atoms with Gasteiger partial charge < -0.3 is 65.8 Å². The first-order valence-electron chi connectivity index (χ1n) is 46.7. The van der Waals surface area contributed by atoms with E-state index in [1.807, 2.05) is 135 Å². The second-order valence-corrected chi connectivity index (χ2v) is 38.7. The lowest BCUT2D eigenvalue weighted by Crippen LogP contribution is -2.75. The number of nitrogen functional groups attached to an aromatic ring is 2. The molecule has 17 heterocycles. The van der Waals surface area contributed by atoms with E-state index in [-0.39, 0.29) is 137 Å². The molecular weight excluding hydrogens is 1850 g/mol. The number of phenolic OH excluding ortho intramolecular Hbond substituents is 1. The molecule has 3 fully saturated rings. The quantitative estimate of drug-likeness (QED) is 0.0584. The fraction of sp³-hybridized carbons (Fsp3) is 0.317. The number of pyridine rings is 9. The molecule has 736 valence electrons. The molecule has 0 radical (unpaired) electrons. The number of H-pyrrole nitrogens is 2. The second kappa shape index (κ2) is 36.3. The van der Waals surface area contributed by atoms with Crippen molar-refractivity contribution in [3.63, 3.8) is 0 Å². The summed E-state index contributed by atoms with van der Waals surface area (Å²) in [6.07, 6.45) is 8.63. The predicted octanol–water partition coefficient (Wildman–Crippen LogP) is 13.0. The highest BCUT2D eigenvalue weighted by atomic mass is 35.5. The van der Waals surface area contributed by atoms with Gasteiger partial charge >= 0.3 is 0 Å². The Bertz CT molecular complexity index is 7750. The molecule has 0 aliphatic carbocycles. The van der Waals surface area contributed by atoms with Gasteiger partial charge in [-0.2, -0.15) is 10.2 Å². The Hall–Kier alpha value is -16.0. The summed E-state index contributed by atoms with van der Waals surface area (Å²) in [6, 6.07) is 18.0. The van der Waals surface area contributed by atoms with Gasteiger partial charge in [0.1, 0.15) is 63.6 Å². The number of hydrogen-bond donors (Lipinski definition) is 6. The minimum Gasteiger partial charge on any atom is -0.507 e. The highest BCUT2D eigenvalue weighted by Gasteiger charge is 2.58. The number of aromatic amines is 2. The molecule has 0 saturated carbocycles. The van der Waals surface area contributed by atoms with Gasteiger partial charge in [0.15, 0.2) is 34.3 Å². The van der Waals surface area contributed by atoms with Gasteiger partial charge in [0.05, 0.1) is 116 Å². The van der Waals surface area contributed by atoms with Gasteiger partial charge in [-0.15, -0.1) is 0 Å². The number of fused-ring (bicyclic) bond motifs is 17. The van der Waals surface area contributed by atoms with Crippen LogP contribution in [0.25, 0.3) is 106 Å². The Morgan fingerprint density at radius 2 is 0.860 bits per heavy atom. The topological polar surface area (TPSA) is 425 Å². The van der Waals surface area contributed by atoms with Crippen LogP contribution in [0.1, 0.15) is 125 Å². The summed E-state index contributed by atoms with van der Waals surface area (Å²) in [5.41, 5.74) is 20.1. The number of nitrogens with one attached hydrogen (secondary N) is 2. The van der Waals surface area contributed by atoms with Gasteiger partial charge in [0.2, 0.25) is 17.7 Å². The molecule has 143 heavy (non-hydrogen) atoms. The lowest BCUT2D eigenvalue weighted by Gasteiger charge is -2.56. The molecule has 3 saturated heterocycles. The number of nitrogens with two attached hydrogens (primary N) is 2.